The lowest BCUT2D eigenvalue weighted by Gasteiger charge is -2.14. The lowest BCUT2D eigenvalue weighted by Crippen LogP contribution is -3.07. The second-order valence-corrected chi connectivity index (χ2v) is 6.86. The largest absolute Gasteiger partial charge is 0.315 e. The number of rotatable bonds is 5. The molecule has 3 aromatic rings. The van der Waals surface area contributed by atoms with E-state index in [1.807, 2.05) is 21.4 Å². The number of aromatic nitrogens is 3. The van der Waals surface area contributed by atoms with Crippen LogP contribution >= 0.6 is 12.2 Å². The SMILES string of the molecule is Cc1ccc(C)c(-n2cnn(C[NH+](C)Cc3ccc(F)cc3)c2=S)c1. The van der Waals surface area contributed by atoms with E-state index in [1.165, 1.54) is 22.6 Å². The molecule has 1 heterocycles. The van der Waals surface area contributed by atoms with Gasteiger partial charge in [0.1, 0.15) is 18.7 Å². The van der Waals surface area contributed by atoms with Gasteiger partial charge < -0.3 is 4.90 Å². The summed E-state index contributed by atoms with van der Waals surface area (Å²) in [6, 6.07) is 12.9. The second kappa shape index (κ2) is 7.29. The van der Waals surface area contributed by atoms with Crippen LogP contribution in [0, 0.1) is 24.4 Å². The van der Waals surface area contributed by atoms with Gasteiger partial charge in [-0.3, -0.25) is 4.57 Å². The first-order valence-electron chi connectivity index (χ1n) is 8.22. The number of benzene rings is 2. The van der Waals surface area contributed by atoms with Gasteiger partial charge in [-0.25, -0.2) is 4.39 Å². The summed E-state index contributed by atoms with van der Waals surface area (Å²) in [6.45, 7) is 5.56. The van der Waals surface area contributed by atoms with Crippen molar-refractivity contribution in [2.75, 3.05) is 7.05 Å². The number of hydrogen-bond acceptors (Lipinski definition) is 2. The molecule has 0 spiro atoms. The summed E-state index contributed by atoms with van der Waals surface area (Å²) >= 11 is 5.61. The van der Waals surface area contributed by atoms with Crippen molar-refractivity contribution in [2.45, 2.75) is 27.1 Å². The molecular formula is C19H22FN4S+. The first-order chi connectivity index (χ1) is 11.9. The van der Waals surface area contributed by atoms with Gasteiger partial charge in [0.05, 0.1) is 12.7 Å². The Hall–Kier alpha value is -2.31. The molecule has 0 radical (unpaired) electrons. The molecule has 0 saturated heterocycles. The minimum atomic E-state index is -0.212. The van der Waals surface area contributed by atoms with Gasteiger partial charge in [-0.1, -0.05) is 24.3 Å². The van der Waals surface area contributed by atoms with Crippen LogP contribution in [0.4, 0.5) is 4.39 Å². The molecule has 1 unspecified atom stereocenters. The van der Waals surface area contributed by atoms with E-state index in [2.05, 4.69) is 44.2 Å². The first kappa shape index (κ1) is 17.5. The molecule has 4 nitrogen and oxygen atoms in total. The molecule has 0 bridgehead atoms. The van der Waals surface area contributed by atoms with E-state index in [4.69, 9.17) is 12.2 Å². The Morgan fingerprint density at radius 3 is 2.56 bits per heavy atom. The van der Waals surface area contributed by atoms with Crippen molar-refractivity contribution in [3.63, 3.8) is 0 Å². The molecule has 0 amide bonds. The van der Waals surface area contributed by atoms with Gasteiger partial charge in [-0.15, -0.1) is 0 Å². The monoisotopic (exact) mass is 357 g/mol. The van der Waals surface area contributed by atoms with E-state index in [-0.39, 0.29) is 5.82 Å². The van der Waals surface area contributed by atoms with Gasteiger partial charge in [0.15, 0.2) is 6.67 Å². The summed E-state index contributed by atoms with van der Waals surface area (Å²) in [4.78, 5) is 1.22. The van der Waals surface area contributed by atoms with Crippen molar-refractivity contribution in [2.24, 2.45) is 0 Å². The summed E-state index contributed by atoms with van der Waals surface area (Å²) in [7, 11) is 2.07. The fraction of sp³-hybridized carbons (Fsp3) is 0.263. The summed E-state index contributed by atoms with van der Waals surface area (Å²) in [5.41, 5.74) is 4.49. The average molecular weight is 357 g/mol. The predicted octanol–water partition coefficient (Wildman–Crippen LogP) is 2.83. The number of quaternary nitrogens is 1. The molecule has 0 saturated carbocycles. The van der Waals surface area contributed by atoms with Gasteiger partial charge in [-0.05, 0) is 55.4 Å². The van der Waals surface area contributed by atoms with Crippen molar-refractivity contribution in [3.8, 4) is 5.69 Å². The molecule has 1 atom stereocenters. The third kappa shape index (κ3) is 4.03. The van der Waals surface area contributed by atoms with Crippen LogP contribution in [0.3, 0.4) is 0 Å². The van der Waals surface area contributed by atoms with E-state index >= 15 is 0 Å². The van der Waals surface area contributed by atoms with Crippen LogP contribution in [0.5, 0.6) is 0 Å². The minimum absolute atomic E-state index is 0.212. The number of nitrogens with one attached hydrogen (secondary N) is 1. The van der Waals surface area contributed by atoms with E-state index in [1.54, 1.807) is 6.33 Å². The fourth-order valence-corrected chi connectivity index (χ4v) is 3.11. The molecule has 0 aliphatic rings. The van der Waals surface area contributed by atoms with Crippen molar-refractivity contribution >= 4 is 12.2 Å². The van der Waals surface area contributed by atoms with Crippen LogP contribution in [0.15, 0.2) is 48.8 Å². The second-order valence-electron chi connectivity index (χ2n) is 6.49. The molecule has 1 N–H and O–H groups in total. The summed E-state index contributed by atoms with van der Waals surface area (Å²) < 4.78 is 17.5. The highest BCUT2D eigenvalue weighted by atomic mass is 32.1. The molecule has 0 aliphatic carbocycles. The number of halogens is 1. The Morgan fingerprint density at radius 1 is 1.12 bits per heavy atom. The fourth-order valence-electron chi connectivity index (χ4n) is 2.85. The van der Waals surface area contributed by atoms with Crippen LogP contribution in [-0.4, -0.2) is 21.4 Å². The quantitative estimate of drug-likeness (QED) is 0.711. The first-order valence-corrected chi connectivity index (χ1v) is 8.62. The lowest BCUT2D eigenvalue weighted by atomic mass is 10.1. The van der Waals surface area contributed by atoms with E-state index < -0.39 is 0 Å². The molecule has 1 aromatic heterocycles. The minimum Gasteiger partial charge on any atom is -0.315 e. The van der Waals surface area contributed by atoms with Crippen LogP contribution in [0.2, 0.25) is 0 Å². The molecule has 130 valence electrons. The third-order valence-corrected chi connectivity index (χ3v) is 4.60. The molecule has 25 heavy (non-hydrogen) atoms. The van der Waals surface area contributed by atoms with Gasteiger partial charge >= 0.3 is 0 Å². The third-order valence-electron chi connectivity index (χ3n) is 4.20. The van der Waals surface area contributed by atoms with Crippen molar-refractivity contribution < 1.29 is 9.29 Å². The van der Waals surface area contributed by atoms with Crippen molar-refractivity contribution in [1.29, 1.82) is 0 Å². The number of nitrogens with zero attached hydrogens (tertiary/aromatic N) is 3. The zero-order chi connectivity index (χ0) is 18.0. The molecule has 0 fully saturated rings. The molecule has 3 rings (SSSR count). The topological polar surface area (TPSA) is 27.2 Å². The number of aryl methyl sites for hydroxylation is 2. The maximum Gasteiger partial charge on any atom is 0.207 e. The van der Waals surface area contributed by atoms with E-state index in [0.717, 1.165) is 23.4 Å². The van der Waals surface area contributed by atoms with E-state index in [0.29, 0.717) is 11.4 Å². The van der Waals surface area contributed by atoms with Crippen LogP contribution in [0.1, 0.15) is 16.7 Å². The summed E-state index contributed by atoms with van der Waals surface area (Å²) in [6.07, 6.45) is 1.77. The average Bonchev–Trinajstić information content (AvgIpc) is 2.93. The zero-order valence-corrected chi connectivity index (χ0v) is 15.5. The summed E-state index contributed by atoms with van der Waals surface area (Å²) in [5.74, 6) is -0.212. The normalized spacial score (nSPS) is 12.3. The predicted molar refractivity (Wildman–Crippen MR) is 98.9 cm³/mol. The van der Waals surface area contributed by atoms with Gasteiger partial charge in [0.2, 0.25) is 4.77 Å². The zero-order valence-electron chi connectivity index (χ0n) is 14.7. The van der Waals surface area contributed by atoms with E-state index in [9.17, 15) is 4.39 Å². The Balaban J connectivity index is 1.78. The highest BCUT2D eigenvalue weighted by Crippen LogP contribution is 2.16. The highest BCUT2D eigenvalue weighted by molar-refractivity contribution is 7.71. The Kier molecular flexibility index (Phi) is 5.11. The van der Waals surface area contributed by atoms with Crippen molar-refractivity contribution in [3.05, 3.63) is 76.1 Å². The maximum atomic E-state index is 13.0. The number of hydrogen-bond donors (Lipinski definition) is 1. The molecule has 0 aliphatic heterocycles. The summed E-state index contributed by atoms with van der Waals surface area (Å²) in [5, 5.41) is 4.45. The molecule has 6 heteroatoms. The molecule has 2 aromatic carbocycles. The maximum absolute atomic E-state index is 13.0. The van der Waals surface area contributed by atoms with Crippen LogP contribution in [0.25, 0.3) is 5.69 Å². The van der Waals surface area contributed by atoms with Crippen LogP contribution in [-0.2, 0) is 13.2 Å². The highest BCUT2D eigenvalue weighted by Gasteiger charge is 2.11. The van der Waals surface area contributed by atoms with Gasteiger partial charge in [0.25, 0.3) is 0 Å². The van der Waals surface area contributed by atoms with Gasteiger partial charge in [0, 0.05) is 5.56 Å². The lowest BCUT2D eigenvalue weighted by molar-refractivity contribution is -0.917. The van der Waals surface area contributed by atoms with Gasteiger partial charge in [-0.2, -0.15) is 9.78 Å². The Bertz CT molecular complexity index is 927. The Morgan fingerprint density at radius 2 is 1.84 bits per heavy atom. The Labute approximate surface area is 152 Å². The standard InChI is InChI=1S/C19H21FN4S/c1-14-4-5-15(2)18(10-14)23-12-21-24(19(23)25)13-22(3)11-16-6-8-17(20)9-7-16/h4-10,12H,11,13H2,1-3H3/p+1. The smallest absolute Gasteiger partial charge is 0.207 e. The van der Waals surface area contributed by atoms with Crippen LogP contribution < -0.4 is 4.90 Å². The molecular weight excluding hydrogens is 335 g/mol. The van der Waals surface area contributed by atoms with Crippen molar-refractivity contribution in [1.82, 2.24) is 14.3 Å².